The van der Waals surface area contributed by atoms with Gasteiger partial charge in [-0.2, -0.15) is 0 Å². The molecular formula is C17H14N3O4S-. The van der Waals surface area contributed by atoms with E-state index >= 15 is 0 Å². The first-order valence-corrected chi connectivity index (χ1v) is 8.65. The molecule has 2 N–H and O–H groups in total. The van der Waals surface area contributed by atoms with Crippen LogP contribution in [0.5, 0.6) is 0 Å². The molecule has 0 saturated carbocycles. The Labute approximate surface area is 143 Å². The van der Waals surface area contributed by atoms with Gasteiger partial charge in [-0.1, -0.05) is 24.8 Å². The molecule has 1 aromatic heterocycles. The maximum atomic E-state index is 12.5. The third kappa shape index (κ3) is 3.54. The Balaban J connectivity index is 1.94. The van der Waals surface area contributed by atoms with Crippen LogP contribution in [-0.2, 0) is 10.1 Å². The number of para-hydroxylation sites is 1. The molecule has 8 heteroatoms. The summed E-state index contributed by atoms with van der Waals surface area (Å²) in [5.74, 6) is 0. The first kappa shape index (κ1) is 16.7. The average Bonchev–Trinajstić information content (AvgIpc) is 2.88. The Bertz CT molecular complexity index is 1160. The van der Waals surface area contributed by atoms with Crippen LogP contribution in [0, 0.1) is 0 Å². The number of nitrogens with zero attached hydrogens (tertiary/aromatic N) is 1. The number of rotatable bonds is 4. The summed E-state index contributed by atoms with van der Waals surface area (Å²) in [5, 5.41) is 6.55. The molecule has 0 spiro atoms. The second kappa shape index (κ2) is 6.42. The zero-order valence-corrected chi connectivity index (χ0v) is 13.8. The van der Waals surface area contributed by atoms with Gasteiger partial charge >= 0.3 is 0 Å². The smallest absolute Gasteiger partial charge is 0.280 e. The minimum absolute atomic E-state index is 0.276. The topological polar surface area (TPSA) is 107 Å². The predicted octanol–water partition coefficient (Wildman–Crippen LogP) is 0.330. The molecule has 0 amide bonds. The van der Waals surface area contributed by atoms with Crippen LogP contribution in [-0.4, -0.2) is 22.8 Å². The van der Waals surface area contributed by atoms with Crippen molar-refractivity contribution in [3.8, 4) is 5.69 Å². The van der Waals surface area contributed by atoms with Crippen molar-refractivity contribution in [1.29, 1.82) is 0 Å². The standard InChI is InChI=1S/C17H15N3O4S/c1-12-16(17(21)20(19-12)14-5-3-2-4-6-14)11-18-13-7-9-15(10-8-13)25(22,23)24/h2-11,18-19H,1H2,(H,22,23,24)/p-1/b16-11-. The van der Waals surface area contributed by atoms with E-state index in [0.29, 0.717) is 21.9 Å². The van der Waals surface area contributed by atoms with Crippen LogP contribution in [0.15, 0.2) is 64.3 Å². The summed E-state index contributed by atoms with van der Waals surface area (Å²) in [5.41, 5.74) is 0.933. The van der Waals surface area contributed by atoms with Crippen molar-refractivity contribution < 1.29 is 13.0 Å². The van der Waals surface area contributed by atoms with E-state index in [1.807, 2.05) is 18.2 Å². The maximum absolute atomic E-state index is 12.5. The van der Waals surface area contributed by atoms with E-state index in [0.717, 1.165) is 0 Å². The molecule has 128 valence electrons. The molecule has 2 aromatic carbocycles. The first-order valence-electron chi connectivity index (χ1n) is 7.24. The number of H-pyrrole nitrogens is 1. The van der Waals surface area contributed by atoms with Crippen molar-refractivity contribution in [2.45, 2.75) is 4.90 Å². The fraction of sp³-hybridized carbons (Fsp3) is 0. The van der Waals surface area contributed by atoms with Crippen LogP contribution in [0.1, 0.15) is 0 Å². The van der Waals surface area contributed by atoms with Crippen LogP contribution in [0.4, 0.5) is 5.69 Å². The number of benzene rings is 2. The van der Waals surface area contributed by atoms with Crippen molar-refractivity contribution in [1.82, 2.24) is 9.78 Å². The number of hydrogen-bond acceptors (Lipinski definition) is 5. The normalized spacial score (nSPS) is 12.3. The minimum Gasteiger partial charge on any atom is -0.744 e. The SMILES string of the molecule is C=c1[nH]n(-c2ccccc2)c(=O)/c1=C\Nc1ccc(S(=O)(=O)[O-])cc1. The molecule has 0 saturated heterocycles. The van der Waals surface area contributed by atoms with E-state index < -0.39 is 10.1 Å². The number of hydrogen-bond donors (Lipinski definition) is 2. The molecule has 3 rings (SSSR count). The molecule has 0 bridgehead atoms. The lowest BCUT2D eigenvalue weighted by atomic mass is 10.3. The quantitative estimate of drug-likeness (QED) is 0.655. The highest BCUT2D eigenvalue weighted by Gasteiger charge is 2.04. The van der Waals surface area contributed by atoms with Crippen molar-refractivity contribution in [2.24, 2.45) is 0 Å². The van der Waals surface area contributed by atoms with Crippen LogP contribution < -0.4 is 21.4 Å². The van der Waals surface area contributed by atoms with E-state index in [1.165, 1.54) is 35.1 Å². The van der Waals surface area contributed by atoms with Crippen molar-refractivity contribution in [2.75, 3.05) is 5.32 Å². The lowest BCUT2D eigenvalue weighted by Crippen LogP contribution is -2.34. The van der Waals surface area contributed by atoms with E-state index in [4.69, 9.17) is 0 Å². The van der Waals surface area contributed by atoms with E-state index in [1.54, 1.807) is 12.1 Å². The van der Waals surface area contributed by atoms with E-state index in [2.05, 4.69) is 17.0 Å². The fourth-order valence-electron chi connectivity index (χ4n) is 2.28. The summed E-state index contributed by atoms with van der Waals surface area (Å²) in [7, 11) is -4.48. The molecular weight excluding hydrogens is 342 g/mol. The second-order valence-corrected chi connectivity index (χ2v) is 6.63. The van der Waals surface area contributed by atoms with Crippen LogP contribution in [0.3, 0.4) is 0 Å². The third-order valence-corrected chi connectivity index (χ3v) is 4.40. The highest BCUT2D eigenvalue weighted by Crippen LogP contribution is 2.13. The van der Waals surface area contributed by atoms with Gasteiger partial charge in [-0.05, 0) is 36.4 Å². The number of aromatic amines is 1. The lowest BCUT2D eigenvalue weighted by molar-refractivity contribution is 0.463. The highest BCUT2D eigenvalue weighted by molar-refractivity contribution is 7.85. The molecule has 0 radical (unpaired) electrons. The Kier molecular flexibility index (Phi) is 4.30. The molecule has 1 heterocycles. The third-order valence-electron chi connectivity index (χ3n) is 3.55. The van der Waals surface area contributed by atoms with Crippen LogP contribution in [0.25, 0.3) is 18.5 Å². The van der Waals surface area contributed by atoms with Crippen LogP contribution in [0.2, 0.25) is 0 Å². The van der Waals surface area contributed by atoms with E-state index in [-0.39, 0.29) is 10.5 Å². The van der Waals surface area contributed by atoms with Gasteiger partial charge in [0.05, 0.1) is 21.2 Å². The summed E-state index contributed by atoms with van der Waals surface area (Å²) >= 11 is 0. The molecule has 0 fully saturated rings. The summed E-state index contributed by atoms with van der Waals surface area (Å²) < 4.78 is 34.1. The van der Waals surface area contributed by atoms with Gasteiger partial charge in [-0.3, -0.25) is 9.89 Å². The number of anilines is 1. The van der Waals surface area contributed by atoms with Gasteiger partial charge in [-0.25, -0.2) is 13.1 Å². The van der Waals surface area contributed by atoms with Gasteiger partial charge in [0, 0.05) is 11.9 Å². The maximum Gasteiger partial charge on any atom is 0.280 e. The highest BCUT2D eigenvalue weighted by atomic mass is 32.2. The molecule has 0 aliphatic rings. The Morgan fingerprint density at radius 2 is 1.72 bits per heavy atom. The average molecular weight is 356 g/mol. The van der Waals surface area contributed by atoms with Crippen molar-refractivity contribution in [3.63, 3.8) is 0 Å². The van der Waals surface area contributed by atoms with Gasteiger partial charge in [0.1, 0.15) is 10.1 Å². The minimum atomic E-state index is -4.48. The summed E-state index contributed by atoms with van der Waals surface area (Å²) in [6.45, 7) is 3.82. The predicted molar refractivity (Wildman–Crippen MR) is 93.7 cm³/mol. The monoisotopic (exact) mass is 356 g/mol. The number of aromatic nitrogens is 2. The first-order chi connectivity index (χ1) is 11.9. The van der Waals surface area contributed by atoms with Gasteiger partial charge in [-0.15, -0.1) is 0 Å². The second-order valence-electron chi connectivity index (χ2n) is 5.25. The lowest BCUT2D eigenvalue weighted by Gasteiger charge is -2.07. The Morgan fingerprint density at radius 1 is 1.08 bits per heavy atom. The van der Waals surface area contributed by atoms with Crippen LogP contribution >= 0.6 is 0 Å². The number of nitrogens with one attached hydrogen (secondary N) is 2. The molecule has 0 aliphatic heterocycles. The van der Waals surface area contributed by atoms with Crippen molar-refractivity contribution in [3.05, 3.63) is 75.5 Å². The molecule has 0 unspecified atom stereocenters. The molecule has 7 nitrogen and oxygen atoms in total. The molecule has 0 aliphatic carbocycles. The zero-order chi connectivity index (χ0) is 18.0. The molecule has 0 atom stereocenters. The van der Waals surface area contributed by atoms with Crippen molar-refractivity contribution >= 4 is 28.6 Å². The summed E-state index contributed by atoms with van der Waals surface area (Å²) in [6.07, 6.45) is 1.47. The van der Waals surface area contributed by atoms with Gasteiger partial charge in [0.15, 0.2) is 0 Å². The van der Waals surface area contributed by atoms with Gasteiger partial charge < -0.3 is 9.87 Å². The molecule has 25 heavy (non-hydrogen) atoms. The Hall–Kier alpha value is -3.10. The largest absolute Gasteiger partial charge is 0.744 e. The Morgan fingerprint density at radius 3 is 2.32 bits per heavy atom. The molecule has 3 aromatic rings. The zero-order valence-electron chi connectivity index (χ0n) is 13.0. The fourth-order valence-corrected chi connectivity index (χ4v) is 2.75. The van der Waals surface area contributed by atoms with E-state index in [9.17, 15) is 17.8 Å². The van der Waals surface area contributed by atoms with Gasteiger partial charge in [0.25, 0.3) is 5.56 Å². The summed E-state index contributed by atoms with van der Waals surface area (Å²) in [4.78, 5) is 12.2. The van der Waals surface area contributed by atoms with Gasteiger partial charge in [0.2, 0.25) is 0 Å². The summed E-state index contributed by atoms with van der Waals surface area (Å²) in [6, 6.07) is 14.3.